The highest BCUT2D eigenvalue weighted by atomic mass is 16.6. The van der Waals surface area contributed by atoms with Crippen LogP contribution >= 0.6 is 0 Å². The van der Waals surface area contributed by atoms with Gasteiger partial charge in [-0.05, 0) is 30.2 Å². The fourth-order valence-corrected chi connectivity index (χ4v) is 2.60. The lowest BCUT2D eigenvalue weighted by atomic mass is 9.98. The lowest BCUT2D eigenvalue weighted by molar-refractivity contribution is -0.139. The van der Waals surface area contributed by atoms with Gasteiger partial charge in [-0.15, -0.1) is 0 Å². The van der Waals surface area contributed by atoms with E-state index in [0.717, 1.165) is 11.6 Å². The molecule has 1 aromatic carbocycles. The molecule has 0 fully saturated rings. The molecule has 0 unspecified atom stereocenters. The monoisotopic (exact) mass is 374 g/mol. The number of aliphatic carboxylic acids is 1. The smallest absolute Gasteiger partial charge is 0.327 e. The Morgan fingerprint density at radius 1 is 1.26 bits per heavy atom. The van der Waals surface area contributed by atoms with Crippen LogP contribution in [0.1, 0.15) is 18.4 Å². The first-order valence-corrected chi connectivity index (χ1v) is 8.36. The molecule has 0 bridgehead atoms. The molecule has 7 heteroatoms. The van der Waals surface area contributed by atoms with Crippen molar-refractivity contribution in [3.63, 3.8) is 0 Å². The second-order valence-corrected chi connectivity index (χ2v) is 5.90. The number of phenolic OH excluding ortho intramolecular Hbond substituents is 1. The molecule has 0 spiro atoms. The molecule has 27 heavy (non-hydrogen) atoms. The van der Waals surface area contributed by atoms with Gasteiger partial charge in [0.15, 0.2) is 17.3 Å². The topological polar surface area (TPSA) is 102 Å². The van der Waals surface area contributed by atoms with E-state index in [0.29, 0.717) is 30.1 Å². The van der Waals surface area contributed by atoms with Gasteiger partial charge in [0, 0.05) is 24.8 Å². The Morgan fingerprint density at radius 2 is 2.04 bits per heavy atom. The summed E-state index contributed by atoms with van der Waals surface area (Å²) in [6.07, 6.45) is 6.98. The third-order valence-electron chi connectivity index (χ3n) is 4.01. The van der Waals surface area contributed by atoms with Crippen molar-refractivity contribution in [2.45, 2.75) is 19.3 Å². The van der Waals surface area contributed by atoms with Gasteiger partial charge in [-0.3, -0.25) is 4.79 Å². The van der Waals surface area contributed by atoms with E-state index in [2.05, 4.69) is 0 Å². The van der Waals surface area contributed by atoms with Crippen molar-refractivity contribution >= 4 is 11.9 Å². The number of methoxy groups -OCH3 is 2. The summed E-state index contributed by atoms with van der Waals surface area (Å²) in [6, 6.07) is 4.90. The van der Waals surface area contributed by atoms with Gasteiger partial charge < -0.3 is 24.4 Å². The van der Waals surface area contributed by atoms with Crippen molar-refractivity contribution in [2.75, 3.05) is 14.2 Å². The predicted molar refractivity (Wildman–Crippen MR) is 97.1 cm³/mol. The minimum Gasteiger partial charge on any atom is -0.504 e. The lowest BCUT2D eigenvalue weighted by Gasteiger charge is -2.19. The summed E-state index contributed by atoms with van der Waals surface area (Å²) >= 11 is 0. The molecule has 2 N–H and O–H groups in total. The standard InChI is InChI=1S/C20H22O7/c1-25-17-11-13(3-7-15(17)21)6-10-20(24)27-16-8-4-14(5-9-19(22)23)12-18(16)26-2/h3-5,7-9,11,14,21H,6,10,12H2,1-2H3,(H,22,23)/t14-/m1/s1. The number of aromatic hydroxyl groups is 1. The highest BCUT2D eigenvalue weighted by Crippen LogP contribution is 2.28. The molecular formula is C20H22O7. The Labute approximate surface area is 157 Å². The third-order valence-corrected chi connectivity index (χ3v) is 4.01. The maximum Gasteiger partial charge on any atom is 0.327 e. The molecule has 1 aromatic rings. The van der Waals surface area contributed by atoms with Crippen molar-refractivity contribution in [3.05, 3.63) is 59.6 Å². The summed E-state index contributed by atoms with van der Waals surface area (Å²) in [5.74, 6) is -0.380. The number of hydrogen-bond acceptors (Lipinski definition) is 6. The molecule has 7 nitrogen and oxygen atoms in total. The molecule has 0 aliphatic heterocycles. The number of rotatable bonds is 8. The van der Waals surface area contributed by atoms with Gasteiger partial charge >= 0.3 is 11.9 Å². The Bertz CT molecular complexity index is 790. The summed E-state index contributed by atoms with van der Waals surface area (Å²) in [6.45, 7) is 0. The van der Waals surface area contributed by atoms with Crippen molar-refractivity contribution in [2.24, 2.45) is 5.92 Å². The summed E-state index contributed by atoms with van der Waals surface area (Å²) in [7, 11) is 2.93. The van der Waals surface area contributed by atoms with E-state index in [1.54, 1.807) is 30.4 Å². The number of hydrogen-bond donors (Lipinski definition) is 2. The molecule has 0 amide bonds. The van der Waals surface area contributed by atoms with Crippen LogP contribution in [0.4, 0.5) is 0 Å². The Balaban J connectivity index is 1.94. The number of esters is 1. The number of ether oxygens (including phenoxy) is 3. The van der Waals surface area contributed by atoms with Crippen molar-refractivity contribution in [1.29, 1.82) is 0 Å². The van der Waals surface area contributed by atoms with Crippen LogP contribution < -0.4 is 4.74 Å². The van der Waals surface area contributed by atoms with E-state index in [4.69, 9.17) is 19.3 Å². The molecule has 1 aliphatic rings. The normalized spacial score (nSPS) is 16.4. The summed E-state index contributed by atoms with van der Waals surface area (Å²) in [5, 5.41) is 18.3. The minimum absolute atomic E-state index is 0.0394. The Kier molecular flexibility index (Phi) is 7.05. The molecule has 1 aliphatic carbocycles. The number of carboxylic acid groups (broad SMARTS) is 1. The zero-order chi connectivity index (χ0) is 19.8. The number of carbonyl (C=O) groups is 2. The van der Waals surface area contributed by atoms with E-state index < -0.39 is 11.9 Å². The second-order valence-electron chi connectivity index (χ2n) is 5.90. The van der Waals surface area contributed by atoms with Gasteiger partial charge in [-0.25, -0.2) is 4.79 Å². The van der Waals surface area contributed by atoms with Gasteiger partial charge in [0.1, 0.15) is 5.76 Å². The summed E-state index contributed by atoms with van der Waals surface area (Å²) < 4.78 is 15.7. The minimum atomic E-state index is -1.02. The van der Waals surface area contributed by atoms with Crippen LogP contribution in [-0.4, -0.2) is 36.4 Å². The first kappa shape index (κ1) is 20.1. The van der Waals surface area contributed by atoms with Gasteiger partial charge in [0.25, 0.3) is 0 Å². The molecule has 0 saturated carbocycles. The second kappa shape index (κ2) is 9.47. The first-order chi connectivity index (χ1) is 12.9. The molecular weight excluding hydrogens is 352 g/mol. The molecule has 0 saturated heterocycles. The number of phenols is 1. The number of benzene rings is 1. The fourth-order valence-electron chi connectivity index (χ4n) is 2.60. The average Bonchev–Trinajstić information content (AvgIpc) is 2.66. The highest BCUT2D eigenvalue weighted by molar-refractivity contribution is 5.79. The van der Waals surface area contributed by atoms with Crippen LogP contribution in [0.15, 0.2) is 54.0 Å². The summed E-state index contributed by atoms with van der Waals surface area (Å²) in [4.78, 5) is 22.8. The van der Waals surface area contributed by atoms with Crippen LogP contribution in [0, 0.1) is 5.92 Å². The molecule has 0 radical (unpaired) electrons. The fraction of sp³-hybridized carbons (Fsp3) is 0.300. The lowest BCUT2D eigenvalue weighted by Crippen LogP contribution is -2.12. The summed E-state index contributed by atoms with van der Waals surface area (Å²) in [5.41, 5.74) is 0.834. The Hall–Kier alpha value is -3.22. The van der Waals surface area contributed by atoms with Gasteiger partial charge in [0.2, 0.25) is 0 Å². The average molecular weight is 374 g/mol. The number of aryl methyl sites for hydroxylation is 1. The van der Waals surface area contributed by atoms with Gasteiger partial charge in [0.05, 0.1) is 14.2 Å². The number of carbonyl (C=O) groups excluding carboxylic acids is 1. The van der Waals surface area contributed by atoms with Crippen molar-refractivity contribution in [3.8, 4) is 11.5 Å². The van der Waals surface area contributed by atoms with Gasteiger partial charge in [-0.1, -0.05) is 18.2 Å². The molecule has 2 rings (SSSR count). The quantitative estimate of drug-likeness (QED) is 0.533. The van der Waals surface area contributed by atoms with Gasteiger partial charge in [-0.2, -0.15) is 0 Å². The van der Waals surface area contributed by atoms with E-state index in [-0.39, 0.29) is 18.1 Å². The first-order valence-electron chi connectivity index (χ1n) is 8.36. The largest absolute Gasteiger partial charge is 0.504 e. The van der Waals surface area contributed by atoms with E-state index >= 15 is 0 Å². The van der Waals surface area contributed by atoms with E-state index in [9.17, 15) is 14.7 Å². The Morgan fingerprint density at radius 3 is 2.70 bits per heavy atom. The molecule has 1 atom stereocenters. The van der Waals surface area contributed by atoms with Crippen molar-refractivity contribution < 1.29 is 34.0 Å². The van der Waals surface area contributed by atoms with Crippen LogP contribution in [0.3, 0.4) is 0 Å². The molecule has 144 valence electrons. The van der Waals surface area contributed by atoms with Crippen LogP contribution in [0.2, 0.25) is 0 Å². The highest BCUT2D eigenvalue weighted by Gasteiger charge is 2.19. The maximum absolute atomic E-state index is 12.1. The molecule has 0 aromatic heterocycles. The predicted octanol–water partition coefficient (Wildman–Crippen LogP) is 2.95. The number of carboxylic acids is 1. The van der Waals surface area contributed by atoms with E-state index in [1.165, 1.54) is 20.3 Å². The zero-order valence-electron chi connectivity index (χ0n) is 15.2. The third kappa shape index (κ3) is 5.91. The van der Waals surface area contributed by atoms with Crippen LogP contribution in [0.25, 0.3) is 0 Å². The van der Waals surface area contributed by atoms with Crippen LogP contribution in [-0.2, 0) is 25.5 Å². The zero-order valence-corrected chi connectivity index (χ0v) is 15.2. The number of allylic oxidation sites excluding steroid dienone is 4. The molecule has 0 heterocycles. The SMILES string of the molecule is COC1=C(OC(=O)CCc2ccc(O)c(OC)c2)C=C[C@H](C=CC(=O)O)C1. The van der Waals surface area contributed by atoms with Crippen molar-refractivity contribution in [1.82, 2.24) is 0 Å². The maximum atomic E-state index is 12.1. The van der Waals surface area contributed by atoms with Crippen LogP contribution in [0.5, 0.6) is 11.5 Å². The van der Waals surface area contributed by atoms with E-state index in [1.807, 2.05) is 0 Å².